The van der Waals surface area contributed by atoms with Crippen molar-refractivity contribution in [3.05, 3.63) is 56.7 Å². The summed E-state index contributed by atoms with van der Waals surface area (Å²) in [6, 6.07) is 10.9. The van der Waals surface area contributed by atoms with E-state index >= 15 is 0 Å². The predicted molar refractivity (Wildman–Crippen MR) is 81.6 cm³/mol. The number of aryl methyl sites for hydroxylation is 1. The Morgan fingerprint density at radius 2 is 1.89 bits per heavy atom. The van der Waals surface area contributed by atoms with Crippen LogP contribution < -0.4 is 0 Å². The van der Waals surface area contributed by atoms with Crippen molar-refractivity contribution in [2.75, 3.05) is 5.75 Å². The molecule has 2 aromatic rings. The number of hydrogen-bond donors (Lipinski definition) is 0. The van der Waals surface area contributed by atoms with E-state index in [-0.39, 0.29) is 11.5 Å². The van der Waals surface area contributed by atoms with Gasteiger partial charge >= 0.3 is 0 Å². The standard InChI is InChI=1S/C14H13ClO2S2/c1-10-2-7-14(18-10)13(16)9-19(17)8-11-3-5-12(15)6-4-11/h2-7H,8-9H2,1H3. The molecule has 0 radical (unpaired) electrons. The molecular formula is C14H13ClO2S2. The molecule has 2 nitrogen and oxygen atoms in total. The number of carbonyl (C=O) groups is 1. The number of carbonyl (C=O) groups excluding carboxylic acids is 1. The quantitative estimate of drug-likeness (QED) is 0.786. The molecule has 1 aromatic heterocycles. The first-order chi connectivity index (χ1) is 9.04. The summed E-state index contributed by atoms with van der Waals surface area (Å²) in [5.74, 6) is 0.404. The van der Waals surface area contributed by atoms with Crippen LogP contribution in [0.1, 0.15) is 20.1 Å². The van der Waals surface area contributed by atoms with Gasteiger partial charge in [0, 0.05) is 26.5 Å². The third-order valence-electron chi connectivity index (χ3n) is 2.55. The van der Waals surface area contributed by atoms with Crippen LogP contribution in [0.25, 0.3) is 0 Å². The van der Waals surface area contributed by atoms with Crippen LogP contribution in [0.3, 0.4) is 0 Å². The summed E-state index contributed by atoms with van der Waals surface area (Å²) in [4.78, 5) is 13.7. The Bertz CT molecular complexity index is 602. The maximum Gasteiger partial charge on any atom is 0.185 e. The van der Waals surface area contributed by atoms with Gasteiger partial charge in [-0.1, -0.05) is 23.7 Å². The lowest BCUT2D eigenvalue weighted by molar-refractivity contribution is 0.102. The molecular weight excluding hydrogens is 300 g/mol. The van der Waals surface area contributed by atoms with Crippen molar-refractivity contribution in [1.82, 2.24) is 0 Å². The molecule has 0 saturated carbocycles. The van der Waals surface area contributed by atoms with Gasteiger partial charge in [0.15, 0.2) is 5.78 Å². The van der Waals surface area contributed by atoms with Crippen molar-refractivity contribution in [3.63, 3.8) is 0 Å². The summed E-state index contributed by atoms with van der Waals surface area (Å²) in [6.45, 7) is 1.95. The lowest BCUT2D eigenvalue weighted by Crippen LogP contribution is -2.11. The normalized spacial score (nSPS) is 12.3. The lowest BCUT2D eigenvalue weighted by Gasteiger charge is -2.01. The fourth-order valence-electron chi connectivity index (χ4n) is 1.62. The lowest BCUT2D eigenvalue weighted by atomic mass is 10.2. The van der Waals surface area contributed by atoms with Crippen LogP contribution in [0.4, 0.5) is 0 Å². The Morgan fingerprint density at radius 1 is 1.21 bits per heavy atom. The van der Waals surface area contributed by atoms with Gasteiger partial charge in [-0.25, -0.2) is 0 Å². The van der Waals surface area contributed by atoms with Crippen molar-refractivity contribution in [2.24, 2.45) is 0 Å². The van der Waals surface area contributed by atoms with Crippen LogP contribution in [-0.4, -0.2) is 15.7 Å². The van der Waals surface area contributed by atoms with Gasteiger partial charge in [-0.05, 0) is 36.8 Å². The number of ketones is 1. The number of halogens is 1. The smallest absolute Gasteiger partial charge is 0.185 e. The topological polar surface area (TPSA) is 34.1 Å². The van der Waals surface area contributed by atoms with Gasteiger partial charge in [-0.2, -0.15) is 0 Å². The molecule has 1 heterocycles. The van der Waals surface area contributed by atoms with Gasteiger partial charge < -0.3 is 0 Å². The zero-order valence-corrected chi connectivity index (χ0v) is 12.8. The van der Waals surface area contributed by atoms with E-state index in [1.54, 1.807) is 18.2 Å². The van der Waals surface area contributed by atoms with Crippen molar-refractivity contribution < 1.29 is 9.00 Å². The molecule has 100 valence electrons. The minimum absolute atomic E-state index is 0.0506. The maximum absolute atomic E-state index is 11.9. The van der Waals surface area contributed by atoms with E-state index in [0.717, 1.165) is 10.4 Å². The molecule has 0 amide bonds. The second-order valence-corrected chi connectivity index (χ2v) is 7.37. The molecule has 19 heavy (non-hydrogen) atoms. The van der Waals surface area contributed by atoms with Crippen molar-refractivity contribution in [2.45, 2.75) is 12.7 Å². The fraction of sp³-hybridized carbons (Fsp3) is 0.214. The number of benzene rings is 1. The van der Waals surface area contributed by atoms with E-state index in [4.69, 9.17) is 11.6 Å². The summed E-state index contributed by atoms with van der Waals surface area (Å²) in [7, 11) is -1.18. The van der Waals surface area contributed by atoms with Gasteiger partial charge in [-0.3, -0.25) is 9.00 Å². The Hall–Kier alpha value is -0.970. The van der Waals surface area contributed by atoms with Crippen molar-refractivity contribution in [3.8, 4) is 0 Å². The van der Waals surface area contributed by atoms with Crippen LogP contribution in [0.2, 0.25) is 5.02 Å². The first-order valence-corrected chi connectivity index (χ1v) is 8.42. The number of hydrogen-bond acceptors (Lipinski definition) is 3. The number of rotatable bonds is 5. The molecule has 0 saturated heterocycles. The van der Waals surface area contributed by atoms with Crippen molar-refractivity contribution >= 4 is 39.5 Å². The molecule has 1 aromatic carbocycles. The van der Waals surface area contributed by atoms with E-state index < -0.39 is 10.8 Å². The first-order valence-electron chi connectivity index (χ1n) is 5.73. The van der Waals surface area contributed by atoms with Gasteiger partial charge in [0.25, 0.3) is 0 Å². The Kier molecular flexibility index (Phi) is 4.91. The third kappa shape index (κ3) is 4.27. The summed E-state index contributed by atoms with van der Waals surface area (Å²) >= 11 is 7.23. The van der Waals surface area contributed by atoms with E-state index in [1.807, 2.05) is 25.1 Å². The molecule has 1 unspecified atom stereocenters. The molecule has 1 atom stereocenters. The Balaban J connectivity index is 1.94. The largest absolute Gasteiger partial charge is 0.292 e. The average molecular weight is 313 g/mol. The van der Waals surface area contributed by atoms with Crippen LogP contribution in [0, 0.1) is 6.92 Å². The summed E-state index contributed by atoms with van der Waals surface area (Å²) in [5.41, 5.74) is 0.929. The molecule has 0 bridgehead atoms. The molecule has 0 spiro atoms. The highest BCUT2D eigenvalue weighted by Crippen LogP contribution is 2.17. The van der Waals surface area contributed by atoms with Crippen LogP contribution in [-0.2, 0) is 16.6 Å². The summed E-state index contributed by atoms with van der Waals surface area (Å²) in [5, 5.41) is 0.652. The number of thiophene rings is 1. The Labute approximate surface area is 123 Å². The molecule has 0 aliphatic carbocycles. The summed E-state index contributed by atoms with van der Waals surface area (Å²) < 4.78 is 11.9. The van der Waals surface area contributed by atoms with E-state index in [0.29, 0.717) is 15.7 Å². The zero-order valence-electron chi connectivity index (χ0n) is 10.4. The minimum atomic E-state index is -1.18. The molecule has 0 fully saturated rings. The molecule has 5 heteroatoms. The molecule has 2 rings (SSSR count). The molecule has 0 N–H and O–H groups in total. The van der Waals surface area contributed by atoms with Crippen LogP contribution >= 0.6 is 22.9 Å². The monoisotopic (exact) mass is 312 g/mol. The van der Waals surface area contributed by atoms with Gasteiger partial charge in [0.2, 0.25) is 0 Å². The predicted octanol–water partition coefficient (Wildman–Crippen LogP) is 3.84. The number of Topliss-reactive ketones (excluding diaryl/α,β-unsaturated/α-hetero) is 1. The van der Waals surface area contributed by atoms with E-state index in [1.165, 1.54) is 11.3 Å². The van der Waals surface area contributed by atoms with Crippen LogP contribution in [0.15, 0.2) is 36.4 Å². The van der Waals surface area contributed by atoms with Crippen LogP contribution in [0.5, 0.6) is 0 Å². The molecule has 0 aliphatic heterocycles. The Morgan fingerprint density at radius 3 is 2.47 bits per heavy atom. The first kappa shape index (κ1) is 14.4. The second kappa shape index (κ2) is 6.46. The van der Waals surface area contributed by atoms with Gasteiger partial charge in [0.1, 0.15) is 0 Å². The van der Waals surface area contributed by atoms with Gasteiger partial charge in [-0.15, -0.1) is 11.3 Å². The highest BCUT2D eigenvalue weighted by atomic mass is 35.5. The zero-order chi connectivity index (χ0) is 13.8. The molecule has 0 aliphatic rings. The van der Waals surface area contributed by atoms with E-state index in [9.17, 15) is 9.00 Å². The minimum Gasteiger partial charge on any atom is -0.292 e. The second-order valence-electron chi connectivity index (χ2n) is 4.19. The highest BCUT2D eigenvalue weighted by molar-refractivity contribution is 7.85. The van der Waals surface area contributed by atoms with Crippen molar-refractivity contribution in [1.29, 1.82) is 0 Å². The third-order valence-corrected chi connectivity index (χ3v) is 5.08. The summed E-state index contributed by atoms with van der Waals surface area (Å²) in [6.07, 6.45) is 0. The van der Waals surface area contributed by atoms with E-state index in [2.05, 4.69) is 0 Å². The van der Waals surface area contributed by atoms with Gasteiger partial charge in [0.05, 0.1) is 10.6 Å². The highest BCUT2D eigenvalue weighted by Gasteiger charge is 2.12. The maximum atomic E-state index is 11.9. The fourth-order valence-corrected chi connectivity index (χ4v) is 3.76. The SMILES string of the molecule is Cc1ccc(C(=O)CS(=O)Cc2ccc(Cl)cc2)s1. The average Bonchev–Trinajstić information content (AvgIpc) is 2.79.